The van der Waals surface area contributed by atoms with Crippen LogP contribution in [0.5, 0.6) is 5.75 Å². The summed E-state index contributed by atoms with van der Waals surface area (Å²) in [5.41, 5.74) is 2.50. The van der Waals surface area contributed by atoms with Gasteiger partial charge in [-0.1, -0.05) is 32.9 Å². The third-order valence-corrected chi connectivity index (χ3v) is 9.57. The molecule has 12 heteroatoms. The van der Waals surface area contributed by atoms with Gasteiger partial charge in [0.1, 0.15) is 27.6 Å². The van der Waals surface area contributed by atoms with E-state index >= 15 is 0 Å². The quantitative estimate of drug-likeness (QED) is 0.122. The lowest BCUT2D eigenvalue weighted by molar-refractivity contribution is -0.172. The molecule has 2 aromatic heterocycles. The van der Waals surface area contributed by atoms with Crippen LogP contribution < -0.4 is 4.74 Å². The summed E-state index contributed by atoms with van der Waals surface area (Å²) in [4.78, 5) is 46.8. The number of aliphatic hydroxyl groups excluding tert-OH is 1. The molecule has 1 N–H and O–H groups in total. The second-order valence-electron chi connectivity index (χ2n) is 10.7. The zero-order valence-electron chi connectivity index (χ0n) is 23.9. The van der Waals surface area contributed by atoms with Gasteiger partial charge in [-0.2, -0.15) is 0 Å². The number of hydrogen-bond donors (Lipinski definition) is 1. The molecule has 10 nitrogen and oxygen atoms in total. The maximum atomic E-state index is 13.6. The maximum Gasteiger partial charge on any atom is 0.516 e. The van der Waals surface area contributed by atoms with Crippen molar-refractivity contribution < 1.29 is 33.7 Å². The van der Waals surface area contributed by atoms with Gasteiger partial charge in [-0.05, 0) is 43.2 Å². The Kier molecular flexibility index (Phi) is 7.92. The number of carbonyl (C=O) groups excluding carboxylic acids is 3. The fourth-order valence-electron chi connectivity index (χ4n) is 5.49. The molecule has 41 heavy (non-hydrogen) atoms. The van der Waals surface area contributed by atoms with Gasteiger partial charge >= 0.3 is 12.1 Å². The molecule has 1 fully saturated rings. The molecule has 3 aromatic rings. The SMILES string of the molecule is CSc1ncn2cc(C3=C(C(=O)OC(C)OC(=O)Oc4cc(C(C)C)ccc4C)N4C(=O)[C@H]([C@@H](C)O)[C@H]4[C@H]3C)sc12. The summed E-state index contributed by atoms with van der Waals surface area (Å²) in [6.07, 6.45) is 2.35. The number of esters is 1. The van der Waals surface area contributed by atoms with Crippen molar-refractivity contribution in [3.63, 3.8) is 0 Å². The zero-order valence-corrected chi connectivity index (χ0v) is 25.5. The molecule has 0 spiro atoms. The van der Waals surface area contributed by atoms with Crippen molar-refractivity contribution >= 4 is 51.5 Å². The monoisotopic (exact) mass is 599 g/mol. The van der Waals surface area contributed by atoms with Gasteiger partial charge in [-0.25, -0.2) is 14.6 Å². The highest BCUT2D eigenvalue weighted by molar-refractivity contribution is 7.98. The molecule has 5 atom stereocenters. The molecule has 2 aliphatic heterocycles. The molecule has 1 unspecified atom stereocenters. The van der Waals surface area contributed by atoms with E-state index in [9.17, 15) is 19.5 Å². The lowest BCUT2D eigenvalue weighted by atomic mass is 9.77. The maximum absolute atomic E-state index is 13.6. The number of benzene rings is 1. The Morgan fingerprint density at radius 1 is 1.17 bits per heavy atom. The Morgan fingerprint density at radius 2 is 1.90 bits per heavy atom. The minimum absolute atomic E-state index is 0.0943. The van der Waals surface area contributed by atoms with Crippen molar-refractivity contribution in [2.45, 2.75) is 70.9 Å². The Hall–Kier alpha value is -3.35. The van der Waals surface area contributed by atoms with Gasteiger partial charge in [0.05, 0.1) is 22.9 Å². The first-order valence-electron chi connectivity index (χ1n) is 13.4. The number of aromatic nitrogens is 2. The van der Waals surface area contributed by atoms with E-state index in [-0.39, 0.29) is 23.4 Å². The van der Waals surface area contributed by atoms with Crippen LogP contribution in [0.1, 0.15) is 56.5 Å². The summed E-state index contributed by atoms with van der Waals surface area (Å²) in [7, 11) is 0. The number of aryl methyl sites for hydroxylation is 1. The summed E-state index contributed by atoms with van der Waals surface area (Å²) in [6.45, 7) is 10.8. The minimum Gasteiger partial charge on any atom is -0.421 e. The van der Waals surface area contributed by atoms with Crippen LogP contribution in [0.2, 0.25) is 0 Å². The molecule has 1 aromatic carbocycles. The number of fused-ring (bicyclic) bond motifs is 2. The standard InChI is InChI=1S/C29H33N3O7S2/c1-13(2)18-9-8-14(3)19(10-18)39-29(36)38-17(6)37-28(35)24-21(15(4)23-22(16(5)33)26(34)32(23)24)20-11-31-12-30-25(40-7)27(31)41-20/h8-13,15-17,22-23,33H,1-7H3/t15-,16+,17?,22+,23+/m0/s1. The van der Waals surface area contributed by atoms with Crippen LogP contribution in [0.4, 0.5) is 4.79 Å². The van der Waals surface area contributed by atoms with E-state index in [4.69, 9.17) is 14.2 Å². The normalized spacial score (nSPS) is 21.6. The molecule has 1 amide bonds. The second kappa shape index (κ2) is 11.1. The number of ether oxygens (including phenoxy) is 3. The molecule has 0 aliphatic carbocycles. The molecule has 218 valence electrons. The molecular weight excluding hydrogens is 566 g/mol. The third-order valence-electron chi connectivity index (χ3n) is 7.61. The minimum atomic E-state index is -1.29. The Balaban J connectivity index is 1.39. The highest BCUT2D eigenvalue weighted by Crippen LogP contribution is 2.52. The number of carbonyl (C=O) groups is 3. The summed E-state index contributed by atoms with van der Waals surface area (Å²) in [5.74, 6) is -1.42. The summed E-state index contributed by atoms with van der Waals surface area (Å²) < 4.78 is 18.1. The Bertz CT molecular complexity index is 1560. The van der Waals surface area contributed by atoms with Gasteiger partial charge in [0.15, 0.2) is 0 Å². The van der Waals surface area contributed by atoms with Crippen LogP contribution in [0.15, 0.2) is 41.4 Å². The first-order valence-corrected chi connectivity index (χ1v) is 15.4. The third kappa shape index (κ3) is 5.13. The number of amides is 1. The summed E-state index contributed by atoms with van der Waals surface area (Å²) in [5, 5.41) is 11.2. The number of nitrogens with zero attached hydrogens (tertiary/aromatic N) is 3. The fraction of sp³-hybridized carbons (Fsp3) is 0.448. The van der Waals surface area contributed by atoms with Crippen LogP contribution in [-0.4, -0.2) is 62.1 Å². The van der Waals surface area contributed by atoms with E-state index in [0.29, 0.717) is 11.3 Å². The average molecular weight is 600 g/mol. The largest absolute Gasteiger partial charge is 0.516 e. The molecule has 1 saturated heterocycles. The van der Waals surface area contributed by atoms with Crippen LogP contribution in [0.25, 0.3) is 10.4 Å². The van der Waals surface area contributed by atoms with Crippen molar-refractivity contribution in [3.8, 4) is 5.75 Å². The van der Waals surface area contributed by atoms with E-state index in [0.717, 1.165) is 25.9 Å². The number of hydrogen-bond acceptors (Lipinski definition) is 10. The van der Waals surface area contributed by atoms with E-state index in [1.54, 1.807) is 19.3 Å². The predicted molar refractivity (Wildman–Crippen MR) is 155 cm³/mol. The molecule has 5 rings (SSSR count). The Morgan fingerprint density at radius 3 is 2.56 bits per heavy atom. The van der Waals surface area contributed by atoms with Gasteiger partial charge in [0.25, 0.3) is 0 Å². The zero-order chi connectivity index (χ0) is 29.7. The van der Waals surface area contributed by atoms with Crippen molar-refractivity contribution in [1.82, 2.24) is 14.3 Å². The van der Waals surface area contributed by atoms with E-state index in [1.807, 2.05) is 56.7 Å². The highest BCUT2D eigenvalue weighted by Gasteiger charge is 2.60. The molecule has 0 saturated carbocycles. The summed E-state index contributed by atoms with van der Waals surface area (Å²) in [6, 6.07) is 5.22. The lowest BCUT2D eigenvalue weighted by Crippen LogP contribution is -2.63. The molecule has 0 radical (unpaired) electrons. The van der Waals surface area contributed by atoms with Crippen LogP contribution in [-0.2, 0) is 19.1 Å². The second-order valence-corrected chi connectivity index (χ2v) is 12.5. The number of rotatable bonds is 8. The number of thiazole rings is 1. The highest BCUT2D eigenvalue weighted by atomic mass is 32.2. The van der Waals surface area contributed by atoms with E-state index in [1.165, 1.54) is 34.9 Å². The van der Waals surface area contributed by atoms with Crippen LogP contribution in [0, 0.1) is 18.8 Å². The van der Waals surface area contributed by atoms with E-state index < -0.39 is 36.5 Å². The van der Waals surface area contributed by atoms with Crippen LogP contribution in [0.3, 0.4) is 0 Å². The first kappa shape index (κ1) is 29.2. The topological polar surface area (TPSA) is 120 Å². The number of aliphatic hydroxyl groups is 1. The van der Waals surface area contributed by atoms with Crippen molar-refractivity contribution in [3.05, 3.63) is 52.4 Å². The van der Waals surface area contributed by atoms with Gasteiger partial charge in [-0.15, -0.1) is 23.1 Å². The summed E-state index contributed by atoms with van der Waals surface area (Å²) >= 11 is 2.98. The van der Waals surface area contributed by atoms with Crippen molar-refractivity contribution in [2.75, 3.05) is 6.26 Å². The number of thioether (sulfide) groups is 1. The number of imidazole rings is 1. The van der Waals surface area contributed by atoms with Gasteiger partial charge in [0, 0.05) is 24.6 Å². The molecule has 4 heterocycles. The molecule has 0 bridgehead atoms. The van der Waals surface area contributed by atoms with Crippen molar-refractivity contribution in [1.29, 1.82) is 0 Å². The predicted octanol–water partition coefficient (Wildman–Crippen LogP) is 5.22. The average Bonchev–Trinajstić information content (AvgIpc) is 3.54. The lowest BCUT2D eigenvalue weighted by Gasteiger charge is -2.46. The molecule has 2 aliphatic rings. The van der Waals surface area contributed by atoms with E-state index in [2.05, 4.69) is 4.98 Å². The smallest absolute Gasteiger partial charge is 0.421 e. The fourth-order valence-corrected chi connectivity index (χ4v) is 7.41. The van der Waals surface area contributed by atoms with Gasteiger partial charge < -0.3 is 24.2 Å². The number of β-lactam (4-membered cyclic amide) rings is 1. The van der Waals surface area contributed by atoms with Gasteiger partial charge in [-0.3, -0.25) is 9.20 Å². The Labute approximate surface area is 246 Å². The first-order chi connectivity index (χ1) is 19.4. The van der Waals surface area contributed by atoms with Gasteiger partial charge in [0.2, 0.25) is 12.2 Å². The molecular formula is C29H33N3O7S2. The van der Waals surface area contributed by atoms with Crippen molar-refractivity contribution in [2.24, 2.45) is 11.8 Å². The van der Waals surface area contributed by atoms with Crippen LogP contribution >= 0.6 is 23.1 Å².